The number of benzene rings is 2. The van der Waals surface area contributed by atoms with E-state index in [1.807, 2.05) is 12.1 Å². The SMILES string of the molecule is Clc1ccc2c(c1)NC(c1ccccc1)C1CCCOC21. The molecule has 0 spiro atoms. The second-order valence-electron chi connectivity index (χ2n) is 5.86. The molecule has 3 unspecified atom stereocenters. The molecule has 2 aliphatic heterocycles. The number of halogens is 1. The average Bonchev–Trinajstić information content (AvgIpc) is 2.54. The van der Waals surface area contributed by atoms with Crippen molar-refractivity contribution in [1.82, 2.24) is 0 Å². The predicted molar refractivity (Wildman–Crippen MR) is 85.7 cm³/mol. The first-order valence-corrected chi connectivity index (χ1v) is 7.93. The van der Waals surface area contributed by atoms with E-state index in [0.29, 0.717) is 12.0 Å². The summed E-state index contributed by atoms with van der Waals surface area (Å²) in [6.07, 6.45) is 2.51. The number of ether oxygens (including phenoxy) is 1. The smallest absolute Gasteiger partial charge is 0.0895 e. The van der Waals surface area contributed by atoms with Crippen LogP contribution in [0.25, 0.3) is 0 Å². The van der Waals surface area contributed by atoms with Gasteiger partial charge in [0.1, 0.15) is 0 Å². The van der Waals surface area contributed by atoms with Gasteiger partial charge in [-0.25, -0.2) is 0 Å². The molecule has 1 N–H and O–H groups in total. The maximum Gasteiger partial charge on any atom is 0.0895 e. The van der Waals surface area contributed by atoms with Crippen molar-refractivity contribution in [2.24, 2.45) is 5.92 Å². The van der Waals surface area contributed by atoms with Gasteiger partial charge in [0.05, 0.1) is 12.1 Å². The van der Waals surface area contributed by atoms with E-state index in [2.05, 4.69) is 41.7 Å². The Morgan fingerprint density at radius 2 is 1.95 bits per heavy atom. The normalized spacial score (nSPS) is 27.4. The molecule has 3 atom stereocenters. The minimum Gasteiger partial charge on any atom is -0.377 e. The third-order valence-electron chi connectivity index (χ3n) is 4.59. The number of hydrogen-bond donors (Lipinski definition) is 1. The number of hydrogen-bond acceptors (Lipinski definition) is 2. The van der Waals surface area contributed by atoms with Crippen LogP contribution in [0.15, 0.2) is 48.5 Å². The van der Waals surface area contributed by atoms with Gasteiger partial charge >= 0.3 is 0 Å². The van der Waals surface area contributed by atoms with Gasteiger partial charge in [-0.05, 0) is 30.5 Å². The second-order valence-corrected chi connectivity index (χ2v) is 6.30. The molecule has 21 heavy (non-hydrogen) atoms. The molecule has 0 radical (unpaired) electrons. The van der Waals surface area contributed by atoms with Crippen molar-refractivity contribution < 1.29 is 4.74 Å². The van der Waals surface area contributed by atoms with Gasteiger partial charge in [-0.2, -0.15) is 0 Å². The number of fused-ring (bicyclic) bond motifs is 3. The van der Waals surface area contributed by atoms with Crippen molar-refractivity contribution in [3.05, 3.63) is 64.7 Å². The first-order chi connectivity index (χ1) is 10.3. The highest BCUT2D eigenvalue weighted by atomic mass is 35.5. The fourth-order valence-corrected chi connectivity index (χ4v) is 3.81. The van der Waals surface area contributed by atoms with Crippen LogP contribution in [0, 0.1) is 5.92 Å². The van der Waals surface area contributed by atoms with E-state index in [1.165, 1.54) is 17.5 Å². The molecule has 1 fully saturated rings. The zero-order valence-corrected chi connectivity index (χ0v) is 12.5. The van der Waals surface area contributed by atoms with E-state index in [-0.39, 0.29) is 6.10 Å². The summed E-state index contributed by atoms with van der Waals surface area (Å²) in [4.78, 5) is 0. The van der Waals surface area contributed by atoms with Gasteiger partial charge in [0, 0.05) is 28.8 Å². The Morgan fingerprint density at radius 1 is 1.10 bits per heavy atom. The molecular formula is C18H18ClNO. The Bertz CT molecular complexity index is 643. The van der Waals surface area contributed by atoms with Gasteiger partial charge in [0.15, 0.2) is 0 Å². The molecule has 0 aliphatic carbocycles. The average molecular weight is 300 g/mol. The molecule has 2 nitrogen and oxygen atoms in total. The molecule has 2 heterocycles. The van der Waals surface area contributed by atoms with E-state index in [9.17, 15) is 0 Å². The van der Waals surface area contributed by atoms with Crippen molar-refractivity contribution in [2.45, 2.75) is 25.0 Å². The summed E-state index contributed by atoms with van der Waals surface area (Å²) in [6.45, 7) is 0.852. The third kappa shape index (κ3) is 2.33. The topological polar surface area (TPSA) is 21.3 Å². The van der Waals surface area contributed by atoms with Crippen molar-refractivity contribution in [2.75, 3.05) is 11.9 Å². The van der Waals surface area contributed by atoms with Crippen LogP contribution in [0.1, 0.15) is 36.1 Å². The van der Waals surface area contributed by atoms with Crippen LogP contribution in [0.5, 0.6) is 0 Å². The highest BCUT2D eigenvalue weighted by Crippen LogP contribution is 2.49. The maximum atomic E-state index is 6.16. The van der Waals surface area contributed by atoms with Crippen molar-refractivity contribution in [3.63, 3.8) is 0 Å². The predicted octanol–water partition coefficient (Wildman–Crippen LogP) is 4.97. The quantitative estimate of drug-likeness (QED) is 0.802. The zero-order valence-electron chi connectivity index (χ0n) is 11.8. The zero-order chi connectivity index (χ0) is 14.2. The van der Waals surface area contributed by atoms with E-state index in [4.69, 9.17) is 16.3 Å². The Hall–Kier alpha value is -1.51. The van der Waals surface area contributed by atoms with Gasteiger partial charge < -0.3 is 10.1 Å². The molecule has 4 rings (SSSR count). The summed E-state index contributed by atoms with van der Waals surface area (Å²) in [7, 11) is 0. The molecule has 0 aromatic heterocycles. The molecule has 108 valence electrons. The molecular weight excluding hydrogens is 282 g/mol. The van der Waals surface area contributed by atoms with E-state index >= 15 is 0 Å². The number of rotatable bonds is 1. The van der Waals surface area contributed by atoms with Gasteiger partial charge in [0.25, 0.3) is 0 Å². The lowest BCUT2D eigenvalue weighted by Gasteiger charge is -2.43. The van der Waals surface area contributed by atoms with Gasteiger partial charge in [0.2, 0.25) is 0 Å². The Labute approximate surface area is 130 Å². The highest BCUT2D eigenvalue weighted by molar-refractivity contribution is 6.30. The van der Waals surface area contributed by atoms with E-state index in [1.54, 1.807) is 0 Å². The lowest BCUT2D eigenvalue weighted by molar-refractivity contribution is -0.0381. The highest BCUT2D eigenvalue weighted by Gasteiger charge is 2.39. The molecule has 2 aromatic carbocycles. The van der Waals surface area contributed by atoms with Crippen LogP contribution in [-0.4, -0.2) is 6.61 Å². The van der Waals surface area contributed by atoms with Crippen LogP contribution in [0.3, 0.4) is 0 Å². The van der Waals surface area contributed by atoms with Crippen LogP contribution in [-0.2, 0) is 4.74 Å². The van der Waals surface area contributed by atoms with E-state index < -0.39 is 0 Å². The van der Waals surface area contributed by atoms with E-state index in [0.717, 1.165) is 23.7 Å². The summed E-state index contributed by atoms with van der Waals surface area (Å²) in [6, 6.07) is 17.0. The number of nitrogens with one attached hydrogen (secondary N) is 1. The first kappa shape index (κ1) is 13.2. The summed E-state index contributed by atoms with van der Waals surface area (Å²) in [5.74, 6) is 0.481. The van der Waals surface area contributed by atoms with Crippen LogP contribution < -0.4 is 5.32 Å². The largest absolute Gasteiger partial charge is 0.377 e. The Morgan fingerprint density at radius 3 is 2.81 bits per heavy atom. The minimum absolute atomic E-state index is 0.178. The summed E-state index contributed by atoms with van der Waals surface area (Å²) < 4.78 is 6.12. The second kappa shape index (κ2) is 5.36. The van der Waals surface area contributed by atoms with Crippen molar-refractivity contribution in [3.8, 4) is 0 Å². The molecule has 1 saturated heterocycles. The molecule has 0 amide bonds. The van der Waals surface area contributed by atoms with Crippen molar-refractivity contribution >= 4 is 17.3 Å². The van der Waals surface area contributed by atoms with Crippen molar-refractivity contribution in [1.29, 1.82) is 0 Å². The van der Waals surface area contributed by atoms with Crippen LogP contribution in [0.2, 0.25) is 5.02 Å². The molecule has 3 heteroatoms. The lowest BCUT2D eigenvalue weighted by Crippen LogP contribution is -2.35. The Balaban J connectivity index is 1.79. The summed E-state index contributed by atoms with van der Waals surface area (Å²) in [5.41, 5.74) is 3.68. The fourth-order valence-electron chi connectivity index (χ4n) is 3.63. The summed E-state index contributed by atoms with van der Waals surface area (Å²) in [5, 5.41) is 4.45. The standard InChI is InChI=1S/C18H18ClNO/c19-13-8-9-14-16(11-13)20-17(12-5-2-1-3-6-12)15-7-4-10-21-18(14)15/h1-3,5-6,8-9,11,15,17-18,20H,4,7,10H2. The van der Waals surface area contributed by atoms with Gasteiger partial charge in [-0.1, -0.05) is 48.0 Å². The van der Waals surface area contributed by atoms with Crippen LogP contribution >= 0.6 is 11.6 Å². The van der Waals surface area contributed by atoms with Gasteiger partial charge in [-0.15, -0.1) is 0 Å². The molecule has 0 saturated carbocycles. The van der Waals surface area contributed by atoms with Crippen LogP contribution in [0.4, 0.5) is 5.69 Å². The lowest BCUT2D eigenvalue weighted by atomic mass is 9.77. The molecule has 2 aliphatic rings. The third-order valence-corrected chi connectivity index (χ3v) is 4.82. The molecule has 0 bridgehead atoms. The fraction of sp³-hybridized carbons (Fsp3) is 0.333. The number of anilines is 1. The Kier molecular flexibility index (Phi) is 3.36. The summed E-state index contributed by atoms with van der Waals surface area (Å²) >= 11 is 6.16. The first-order valence-electron chi connectivity index (χ1n) is 7.55. The monoisotopic (exact) mass is 299 g/mol. The molecule has 2 aromatic rings. The maximum absolute atomic E-state index is 6.16. The van der Waals surface area contributed by atoms with Gasteiger partial charge in [-0.3, -0.25) is 0 Å². The minimum atomic E-state index is 0.178.